The van der Waals surface area contributed by atoms with Crippen LogP contribution in [0.1, 0.15) is 70.3 Å². The molecule has 270 valence electrons. The topological polar surface area (TPSA) is 162 Å². The van der Waals surface area contributed by atoms with Gasteiger partial charge in [0, 0.05) is 50.3 Å². The third-order valence-corrected chi connectivity index (χ3v) is 8.05. The molecule has 2 heterocycles. The Morgan fingerprint density at radius 2 is 1.59 bits per heavy atom. The molecule has 17 heteroatoms. The van der Waals surface area contributed by atoms with Gasteiger partial charge in [-0.2, -0.15) is 21.6 Å². The van der Waals surface area contributed by atoms with E-state index < -0.39 is 62.6 Å². The van der Waals surface area contributed by atoms with Crippen LogP contribution in [-0.2, 0) is 29.2 Å². The Kier molecular flexibility index (Phi) is 13.4. The predicted octanol–water partition coefficient (Wildman–Crippen LogP) is 4.67. The largest absolute Gasteiger partial charge is 0.534 e. The first kappa shape index (κ1) is 39.0. The number of aromatic nitrogens is 1. The standard InChI is InChI=1S/C32H41F3N4O9S/c1-5-6-10-19-46-30(43)39-17-15-38(16-18-39)29(42)24(13-14-27(40)47-31(2,3)4)37-28(41)26-21-23(48-49(44,45)32(33,34)35)20-25(36-26)22-11-8-7-9-12-22/h7-9,11-12,20-21,24H,5-6,10,13-19H2,1-4H3,(H,37,41)/t24-/m0/s1. The summed E-state index contributed by atoms with van der Waals surface area (Å²) < 4.78 is 77.9. The number of esters is 1. The van der Waals surface area contributed by atoms with E-state index in [1.54, 1.807) is 39.0 Å². The van der Waals surface area contributed by atoms with Gasteiger partial charge in [-0.15, -0.1) is 0 Å². The Bertz CT molecular complexity index is 1570. The second-order valence-corrected chi connectivity index (χ2v) is 13.7. The van der Waals surface area contributed by atoms with Gasteiger partial charge in [0.15, 0.2) is 0 Å². The highest BCUT2D eigenvalue weighted by Gasteiger charge is 2.48. The fourth-order valence-corrected chi connectivity index (χ4v) is 5.12. The molecule has 2 aromatic rings. The SMILES string of the molecule is CCCCCOC(=O)N1CCN(C(=O)[C@H](CCC(=O)OC(C)(C)C)NC(=O)c2cc(OS(=O)(=O)C(F)(F)F)cc(-c3ccccc3)n2)CC1. The number of hydrogen-bond acceptors (Lipinski definition) is 10. The van der Waals surface area contributed by atoms with Crippen molar-refractivity contribution in [2.24, 2.45) is 0 Å². The van der Waals surface area contributed by atoms with Crippen LogP contribution in [0.3, 0.4) is 0 Å². The first-order valence-corrected chi connectivity index (χ1v) is 17.1. The Hall–Kier alpha value is -4.41. The van der Waals surface area contributed by atoms with Crippen molar-refractivity contribution in [3.8, 4) is 17.0 Å². The lowest BCUT2D eigenvalue weighted by Gasteiger charge is -2.36. The van der Waals surface area contributed by atoms with Gasteiger partial charge in [0.2, 0.25) is 5.91 Å². The first-order chi connectivity index (χ1) is 22.9. The molecule has 0 bridgehead atoms. The van der Waals surface area contributed by atoms with Crippen molar-refractivity contribution in [3.63, 3.8) is 0 Å². The van der Waals surface area contributed by atoms with Crippen molar-refractivity contribution in [3.05, 3.63) is 48.2 Å². The van der Waals surface area contributed by atoms with E-state index >= 15 is 0 Å². The van der Waals surface area contributed by atoms with Crippen LogP contribution < -0.4 is 9.50 Å². The number of nitrogens with one attached hydrogen (secondary N) is 1. The third kappa shape index (κ3) is 11.9. The molecule has 3 amide bonds. The molecule has 0 spiro atoms. The van der Waals surface area contributed by atoms with Crippen molar-refractivity contribution in [2.45, 2.75) is 77.0 Å². The van der Waals surface area contributed by atoms with E-state index in [-0.39, 0.29) is 51.3 Å². The Balaban J connectivity index is 1.85. The van der Waals surface area contributed by atoms with Crippen LogP contribution in [0, 0.1) is 0 Å². The number of alkyl halides is 3. The molecule has 1 fully saturated rings. The lowest BCUT2D eigenvalue weighted by atomic mass is 10.1. The summed E-state index contributed by atoms with van der Waals surface area (Å²) in [5, 5.41) is 2.49. The van der Waals surface area contributed by atoms with Gasteiger partial charge in [-0.3, -0.25) is 14.4 Å². The van der Waals surface area contributed by atoms with Crippen LogP contribution in [0.15, 0.2) is 42.5 Å². The van der Waals surface area contributed by atoms with Crippen molar-refractivity contribution < 1.29 is 54.4 Å². The zero-order chi connectivity index (χ0) is 36.4. The highest BCUT2D eigenvalue weighted by molar-refractivity contribution is 7.88. The first-order valence-electron chi connectivity index (χ1n) is 15.7. The molecule has 1 aliphatic heterocycles. The molecule has 1 N–H and O–H groups in total. The molecule has 0 unspecified atom stereocenters. The Morgan fingerprint density at radius 3 is 2.18 bits per heavy atom. The van der Waals surface area contributed by atoms with Gasteiger partial charge >= 0.3 is 27.7 Å². The van der Waals surface area contributed by atoms with Crippen LogP contribution in [0.25, 0.3) is 11.3 Å². The molecule has 49 heavy (non-hydrogen) atoms. The minimum absolute atomic E-state index is 0.0880. The van der Waals surface area contributed by atoms with Gasteiger partial charge in [0.1, 0.15) is 23.1 Å². The van der Waals surface area contributed by atoms with Crippen LogP contribution in [-0.4, -0.2) is 97.0 Å². The van der Waals surface area contributed by atoms with Crippen molar-refractivity contribution in [2.75, 3.05) is 32.8 Å². The van der Waals surface area contributed by atoms with Gasteiger partial charge in [-0.1, -0.05) is 50.1 Å². The average Bonchev–Trinajstić information content (AvgIpc) is 3.03. The number of amides is 3. The fourth-order valence-electron chi connectivity index (χ4n) is 4.68. The summed E-state index contributed by atoms with van der Waals surface area (Å²) in [5.74, 6) is -3.13. The molecule has 1 aromatic heterocycles. The maximum absolute atomic E-state index is 13.7. The second-order valence-electron chi connectivity index (χ2n) is 12.2. The summed E-state index contributed by atoms with van der Waals surface area (Å²) in [6, 6.07) is 8.18. The smallest absolute Gasteiger partial charge is 0.460 e. The number of carbonyl (C=O) groups is 4. The van der Waals surface area contributed by atoms with Gasteiger partial charge in [0.05, 0.1) is 12.3 Å². The van der Waals surface area contributed by atoms with Gasteiger partial charge < -0.3 is 28.8 Å². The molecule has 0 aliphatic carbocycles. The maximum atomic E-state index is 13.7. The summed E-state index contributed by atoms with van der Waals surface area (Å²) in [6.07, 6.45) is 1.60. The van der Waals surface area contributed by atoms with Crippen molar-refractivity contribution >= 4 is 34.0 Å². The molecule has 1 aliphatic rings. The third-order valence-electron chi connectivity index (χ3n) is 7.07. The summed E-state index contributed by atoms with van der Waals surface area (Å²) in [7, 11) is -6.10. The Morgan fingerprint density at radius 1 is 0.959 bits per heavy atom. The van der Waals surface area contributed by atoms with E-state index in [1.165, 1.54) is 21.9 Å². The number of nitrogens with zero attached hydrogens (tertiary/aromatic N) is 3. The number of pyridine rings is 1. The lowest BCUT2D eigenvalue weighted by Crippen LogP contribution is -2.56. The van der Waals surface area contributed by atoms with E-state index in [0.717, 1.165) is 25.3 Å². The zero-order valence-corrected chi connectivity index (χ0v) is 28.6. The molecular formula is C32H41F3N4O9S. The summed E-state index contributed by atoms with van der Waals surface area (Å²) in [6.45, 7) is 7.78. The molecule has 1 saturated heterocycles. The highest BCUT2D eigenvalue weighted by Crippen LogP contribution is 2.30. The van der Waals surface area contributed by atoms with Crippen molar-refractivity contribution in [1.29, 1.82) is 0 Å². The number of rotatable bonds is 13. The summed E-state index contributed by atoms with van der Waals surface area (Å²) in [4.78, 5) is 59.3. The molecule has 0 saturated carbocycles. The minimum atomic E-state index is -6.10. The van der Waals surface area contributed by atoms with Crippen molar-refractivity contribution in [1.82, 2.24) is 20.1 Å². The maximum Gasteiger partial charge on any atom is 0.534 e. The Labute approximate surface area is 283 Å². The highest BCUT2D eigenvalue weighted by atomic mass is 32.2. The number of piperazine rings is 1. The summed E-state index contributed by atoms with van der Waals surface area (Å²) in [5.41, 5.74) is -6.89. The van der Waals surface area contributed by atoms with E-state index in [1.807, 2.05) is 6.92 Å². The second kappa shape index (κ2) is 16.8. The minimum Gasteiger partial charge on any atom is -0.460 e. The monoisotopic (exact) mass is 714 g/mol. The summed E-state index contributed by atoms with van der Waals surface area (Å²) >= 11 is 0. The molecule has 0 radical (unpaired) electrons. The van der Waals surface area contributed by atoms with Crippen LogP contribution in [0.2, 0.25) is 0 Å². The van der Waals surface area contributed by atoms with Crippen LogP contribution >= 0.6 is 0 Å². The molecule has 3 rings (SSSR count). The van der Waals surface area contributed by atoms with E-state index in [2.05, 4.69) is 14.5 Å². The van der Waals surface area contributed by atoms with E-state index in [9.17, 15) is 40.8 Å². The number of halogens is 3. The molecule has 13 nitrogen and oxygen atoms in total. The molecule has 1 aromatic carbocycles. The predicted molar refractivity (Wildman–Crippen MR) is 171 cm³/mol. The average molecular weight is 715 g/mol. The quantitative estimate of drug-likeness (QED) is 0.134. The number of hydrogen-bond donors (Lipinski definition) is 1. The number of unbranched alkanes of at least 4 members (excludes halogenated alkanes) is 2. The van der Waals surface area contributed by atoms with Crippen LogP contribution in [0.4, 0.5) is 18.0 Å². The number of ether oxygens (including phenoxy) is 2. The lowest BCUT2D eigenvalue weighted by molar-refractivity contribution is -0.155. The number of benzene rings is 1. The van der Waals surface area contributed by atoms with E-state index in [0.29, 0.717) is 11.6 Å². The fraction of sp³-hybridized carbons (Fsp3) is 0.531. The van der Waals surface area contributed by atoms with E-state index in [4.69, 9.17) is 9.47 Å². The number of carbonyl (C=O) groups excluding carboxylic acids is 4. The van der Waals surface area contributed by atoms with Gasteiger partial charge in [-0.05, 0) is 33.6 Å². The molecule has 1 atom stereocenters. The normalized spacial score (nSPS) is 14.5. The zero-order valence-electron chi connectivity index (χ0n) is 27.7. The van der Waals surface area contributed by atoms with Crippen LogP contribution in [0.5, 0.6) is 5.75 Å². The molecular weight excluding hydrogens is 673 g/mol. The van der Waals surface area contributed by atoms with Gasteiger partial charge in [-0.25, -0.2) is 9.78 Å². The van der Waals surface area contributed by atoms with Gasteiger partial charge in [0.25, 0.3) is 5.91 Å².